The van der Waals surface area contributed by atoms with E-state index >= 15 is 0 Å². The number of nitro groups is 2. The molecule has 1 atom stereocenters. The molecule has 0 aliphatic carbocycles. The van der Waals surface area contributed by atoms with E-state index in [1.807, 2.05) is 0 Å². The van der Waals surface area contributed by atoms with Gasteiger partial charge in [-0.2, -0.15) is 0 Å². The minimum atomic E-state index is -0.471. The summed E-state index contributed by atoms with van der Waals surface area (Å²) in [5.41, 5.74) is 0.746. The van der Waals surface area contributed by atoms with Gasteiger partial charge in [-0.25, -0.2) is 0 Å². The SMILES string of the molecule is O=[N+]([O-])c1ccc(OC/C=C2\Oc3ccc([N+](=O)[O-])cc3[C@H]2N2CCOCC2)cc1. The summed E-state index contributed by atoms with van der Waals surface area (Å²) in [5, 5.41) is 22.0. The number of nitro benzene ring substituents is 2. The van der Waals surface area contributed by atoms with E-state index in [0.717, 1.165) is 5.56 Å². The van der Waals surface area contributed by atoms with E-state index in [9.17, 15) is 20.2 Å². The molecule has 0 radical (unpaired) electrons. The number of nitrogens with zero attached hydrogens (tertiary/aromatic N) is 3. The number of fused-ring (bicyclic) bond motifs is 1. The average Bonchev–Trinajstić information content (AvgIpc) is 3.12. The molecule has 0 unspecified atom stereocenters. The Morgan fingerprint density at radius 2 is 1.70 bits per heavy atom. The van der Waals surface area contributed by atoms with Crippen molar-refractivity contribution in [3.8, 4) is 11.5 Å². The molecule has 0 amide bonds. The lowest BCUT2D eigenvalue weighted by Gasteiger charge is -2.32. The Morgan fingerprint density at radius 3 is 2.37 bits per heavy atom. The second-order valence-electron chi connectivity index (χ2n) is 6.80. The van der Waals surface area contributed by atoms with Gasteiger partial charge in [0.2, 0.25) is 0 Å². The van der Waals surface area contributed by atoms with Crippen LogP contribution in [0.2, 0.25) is 0 Å². The first kappa shape index (κ1) is 19.8. The largest absolute Gasteiger partial charge is 0.489 e. The van der Waals surface area contributed by atoms with Crippen LogP contribution in [0, 0.1) is 20.2 Å². The van der Waals surface area contributed by atoms with Gasteiger partial charge in [0.15, 0.2) is 0 Å². The highest BCUT2D eigenvalue weighted by Gasteiger charge is 2.36. The number of rotatable bonds is 6. The van der Waals surface area contributed by atoms with Gasteiger partial charge in [-0.1, -0.05) is 0 Å². The topological polar surface area (TPSA) is 117 Å². The molecule has 2 aliphatic heterocycles. The minimum absolute atomic E-state index is 0.00995. The second kappa shape index (κ2) is 8.47. The summed E-state index contributed by atoms with van der Waals surface area (Å²) in [6, 6.07) is 10.1. The van der Waals surface area contributed by atoms with E-state index in [2.05, 4.69) is 4.90 Å². The van der Waals surface area contributed by atoms with Gasteiger partial charge < -0.3 is 14.2 Å². The molecule has 1 saturated heterocycles. The first-order chi connectivity index (χ1) is 14.5. The van der Waals surface area contributed by atoms with Crippen LogP contribution < -0.4 is 9.47 Å². The summed E-state index contributed by atoms with van der Waals surface area (Å²) in [5.74, 6) is 1.71. The summed E-state index contributed by atoms with van der Waals surface area (Å²) in [7, 11) is 0. The molecule has 0 saturated carbocycles. The molecule has 30 heavy (non-hydrogen) atoms. The van der Waals surface area contributed by atoms with Crippen LogP contribution in [0.25, 0.3) is 0 Å². The Hall–Kier alpha value is -3.50. The lowest BCUT2D eigenvalue weighted by atomic mass is 10.0. The average molecular weight is 413 g/mol. The minimum Gasteiger partial charge on any atom is -0.489 e. The van der Waals surface area contributed by atoms with Gasteiger partial charge in [0, 0.05) is 42.9 Å². The molecule has 2 aromatic rings. The molecule has 0 N–H and O–H groups in total. The Morgan fingerprint density at radius 1 is 1.03 bits per heavy atom. The van der Waals surface area contributed by atoms with Gasteiger partial charge in [0.1, 0.15) is 23.9 Å². The standard InChI is InChI=1S/C20H19N3O7/c24-22(25)14-1-4-16(5-2-14)29-10-7-19-20(21-8-11-28-12-9-21)17-13-15(23(26)27)3-6-18(17)30-19/h1-7,13,20H,8-12H2/b19-7-/t20-/m1/s1. The Labute approximate surface area is 171 Å². The summed E-state index contributed by atoms with van der Waals surface area (Å²) < 4.78 is 17.1. The third kappa shape index (κ3) is 4.09. The summed E-state index contributed by atoms with van der Waals surface area (Å²) in [4.78, 5) is 23.2. The number of hydrogen-bond acceptors (Lipinski definition) is 8. The Kier molecular flexibility index (Phi) is 5.59. The van der Waals surface area contributed by atoms with Crippen LogP contribution in [0.3, 0.4) is 0 Å². The quantitative estimate of drug-likeness (QED) is 0.523. The fourth-order valence-corrected chi connectivity index (χ4v) is 3.54. The first-order valence-electron chi connectivity index (χ1n) is 9.38. The van der Waals surface area contributed by atoms with Crippen molar-refractivity contribution in [2.75, 3.05) is 32.9 Å². The lowest BCUT2D eigenvalue weighted by molar-refractivity contribution is -0.385. The maximum atomic E-state index is 11.2. The highest BCUT2D eigenvalue weighted by Crippen LogP contribution is 2.44. The van der Waals surface area contributed by atoms with Crippen molar-refractivity contribution >= 4 is 11.4 Å². The molecule has 1 fully saturated rings. The van der Waals surface area contributed by atoms with Crippen molar-refractivity contribution in [1.29, 1.82) is 0 Å². The number of benzene rings is 2. The van der Waals surface area contributed by atoms with Crippen molar-refractivity contribution in [2.24, 2.45) is 0 Å². The number of ether oxygens (including phenoxy) is 3. The van der Waals surface area contributed by atoms with Crippen molar-refractivity contribution < 1.29 is 24.1 Å². The van der Waals surface area contributed by atoms with Gasteiger partial charge in [-0.05, 0) is 24.3 Å². The zero-order valence-corrected chi connectivity index (χ0v) is 15.9. The maximum absolute atomic E-state index is 11.2. The molecule has 156 valence electrons. The molecule has 2 aliphatic rings. The Balaban J connectivity index is 1.54. The van der Waals surface area contributed by atoms with Crippen molar-refractivity contribution in [1.82, 2.24) is 4.90 Å². The molecular weight excluding hydrogens is 394 g/mol. The van der Waals surface area contributed by atoms with Crippen LogP contribution in [-0.4, -0.2) is 47.7 Å². The van der Waals surface area contributed by atoms with Gasteiger partial charge in [-0.3, -0.25) is 25.1 Å². The van der Waals surface area contributed by atoms with Crippen molar-refractivity contribution in [3.63, 3.8) is 0 Å². The summed E-state index contributed by atoms with van der Waals surface area (Å²) >= 11 is 0. The lowest BCUT2D eigenvalue weighted by Crippen LogP contribution is -2.39. The molecule has 0 bridgehead atoms. The van der Waals surface area contributed by atoms with Crippen LogP contribution in [0.4, 0.5) is 11.4 Å². The zero-order chi connectivity index (χ0) is 21.1. The van der Waals surface area contributed by atoms with E-state index in [1.165, 1.54) is 30.3 Å². The number of morpholine rings is 1. The molecule has 4 rings (SSSR count). The predicted molar refractivity (Wildman–Crippen MR) is 106 cm³/mol. The van der Waals surface area contributed by atoms with E-state index in [4.69, 9.17) is 14.2 Å². The fourth-order valence-electron chi connectivity index (χ4n) is 3.54. The third-order valence-corrected chi connectivity index (χ3v) is 4.99. The molecule has 0 aromatic heterocycles. The molecule has 10 nitrogen and oxygen atoms in total. The monoisotopic (exact) mass is 413 g/mol. The normalized spacial score (nSPS) is 19.9. The highest BCUT2D eigenvalue weighted by atomic mass is 16.6. The van der Waals surface area contributed by atoms with Crippen LogP contribution in [-0.2, 0) is 4.74 Å². The van der Waals surface area contributed by atoms with Crippen LogP contribution in [0.15, 0.2) is 54.3 Å². The van der Waals surface area contributed by atoms with Gasteiger partial charge in [0.25, 0.3) is 11.4 Å². The second-order valence-corrected chi connectivity index (χ2v) is 6.80. The molecule has 2 heterocycles. The Bertz CT molecular complexity index is 984. The van der Waals surface area contributed by atoms with E-state index in [-0.39, 0.29) is 24.0 Å². The van der Waals surface area contributed by atoms with Crippen LogP contribution in [0.5, 0.6) is 11.5 Å². The predicted octanol–water partition coefficient (Wildman–Crippen LogP) is 3.23. The van der Waals surface area contributed by atoms with Gasteiger partial charge in [-0.15, -0.1) is 0 Å². The maximum Gasteiger partial charge on any atom is 0.270 e. The number of hydrogen-bond donors (Lipinski definition) is 0. The molecule has 2 aromatic carbocycles. The smallest absolute Gasteiger partial charge is 0.270 e. The van der Waals surface area contributed by atoms with Gasteiger partial charge in [0.05, 0.1) is 29.1 Å². The van der Waals surface area contributed by atoms with Crippen molar-refractivity contribution in [3.05, 3.63) is 80.1 Å². The highest BCUT2D eigenvalue weighted by molar-refractivity contribution is 5.52. The van der Waals surface area contributed by atoms with Crippen molar-refractivity contribution in [2.45, 2.75) is 6.04 Å². The van der Waals surface area contributed by atoms with Crippen LogP contribution >= 0.6 is 0 Å². The van der Waals surface area contributed by atoms with E-state index in [0.29, 0.717) is 43.6 Å². The number of non-ortho nitro benzene ring substituents is 2. The first-order valence-corrected chi connectivity index (χ1v) is 9.38. The molecular formula is C20H19N3O7. The third-order valence-electron chi connectivity index (χ3n) is 4.99. The molecule has 10 heteroatoms. The summed E-state index contributed by atoms with van der Waals surface area (Å²) in [6.45, 7) is 2.69. The van der Waals surface area contributed by atoms with Crippen LogP contribution in [0.1, 0.15) is 11.6 Å². The fraction of sp³-hybridized carbons (Fsp3) is 0.300. The van der Waals surface area contributed by atoms with Gasteiger partial charge >= 0.3 is 0 Å². The molecule has 0 spiro atoms. The van der Waals surface area contributed by atoms with E-state index < -0.39 is 9.85 Å². The summed E-state index contributed by atoms with van der Waals surface area (Å²) in [6.07, 6.45) is 1.79. The van der Waals surface area contributed by atoms with E-state index in [1.54, 1.807) is 18.2 Å². The zero-order valence-electron chi connectivity index (χ0n) is 15.9.